The summed E-state index contributed by atoms with van der Waals surface area (Å²) in [5, 5.41) is 12.2. The number of alkyl carbamates (subject to hydrolysis) is 1. The number of hydrogen-bond acceptors (Lipinski definition) is 4. The molecule has 2 amide bonds. The highest BCUT2D eigenvalue weighted by Crippen LogP contribution is 2.64. The Morgan fingerprint density at radius 3 is 2.30 bits per heavy atom. The second-order valence-electron chi connectivity index (χ2n) is 9.81. The average molecular weight is 447 g/mol. The van der Waals surface area contributed by atoms with Crippen molar-refractivity contribution >= 4 is 18.0 Å². The number of ether oxygens (including phenoxy) is 1. The SMILES string of the molecule is O=C(NC1CC2CC2(C(=O)N2CCC2C(=O)O)C1)OCC1c2ccccc2-c2ccccc21. The highest BCUT2D eigenvalue weighted by molar-refractivity contribution is 5.91. The Kier molecular flexibility index (Phi) is 4.50. The Bertz CT molecular complexity index is 1120. The van der Waals surface area contributed by atoms with E-state index in [1.54, 1.807) is 0 Å². The van der Waals surface area contributed by atoms with Gasteiger partial charge in [0.1, 0.15) is 12.6 Å². The highest BCUT2D eigenvalue weighted by atomic mass is 16.5. The summed E-state index contributed by atoms with van der Waals surface area (Å²) >= 11 is 0. The molecule has 2 aromatic carbocycles. The van der Waals surface area contributed by atoms with Crippen LogP contribution in [0.4, 0.5) is 4.79 Å². The number of nitrogens with one attached hydrogen (secondary N) is 1. The monoisotopic (exact) mass is 446 g/mol. The largest absolute Gasteiger partial charge is 0.480 e. The van der Waals surface area contributed by atoms with Gasteiger partial charge in [0.15, 0.2) is 0 Å². The molecule has 1 saturated heterocycles. The molecule has 4 aliphatic rings. The van der Waals surface area contributed by atoms with Crippen molar-refractivity contribution in [2.45, 2.75) is 43.7 Å². The second kappa shape index (κ2) is 7.33. The minimum Gasteiger partial charge on any atom is -0.480 e. The molecule has 2 saturated carbocycles. The first-order chi connectivity index (χ1) is 16.0. The molecule has 3 aliphatic carbocycles. The smallest absolute Gasteiger partial charge is 0.407 e. The molecule has 7 heteroatoms. The summed E-state index contributed by atoms with van der Waals surface area (Å²) in [4.78, 5) is 38.4. The van der Waals surface area contributed by atoms with Crippen molar-refractivity contribution in [3.63, 3.8) is 0 Å². The zero-order chi connectivity index (χ0) is 22.7. The topological polar surface area (TPSA) is 95.9 Å². The summed E-state index contributed by atoms with van der Waals surface area (Å²) in [6, 6.07) is 15.6. The van der Waals surface area contributed by atoms with E-state index in [-0.39, 0.29) is 30.4 Å². The maximum absolute atomic E-state index is 13.0. The van der Waals surface area contributed by atoms with Crippen LogP contribution >= 0.6 is 0 Å². The minimum absolute atomic E-state index is 0.00687. The van der Waals surface area contributed by atoms with Gasteiger partial charge >= 0.3 is 12.1 Å². The van der Waals surface area contributed by atoms with Gasteiger partial charge in [-0.15, -0.1) is 0 Å². The van der Waals surface area contributed by atoms with E-state index in [0.29, 0.717) is 19.4 Å². The Labute approximate surface area is 191 Å². The number of aliphatic carboxylic acids is 1. The third-order valence-corrected chi connectivity index (χ3v) is 8.07. The van der Waals surface area contributed by atoms with Crippen molar-refractivity contribution in [1.29, 1.82) is 0 Å². The molecule has 1 aliphatic heterocycles. The molecule has 1 heterocycles. The Balaban J connectivity index is 1.07. The van der Waals surface area contributed by atoms with E-state index < -0.39 is 23.5 Å². The number of benzene rings is 2. The molecule has 3 fully saturated rings. The van der Waals surface area contributed by atoms with Gasteiger partial charge in [-0.25, -0.2) is 9.59 Å². The number of carboxylic acids is 1. The van der Waals surface area contributed by atoms with Crippen LogP contribution in [0.25, 0.3) is 11.1 Å². The molecular formula is C26H26N2O5. The summed E-state index contributed by atoms with van der Waals surface area (Å²) in [6.45, 7) is 0.767. The fourth-order valence-corrected chi connectivity index (χ4v) is 6.25. The predicted octanol–water partition coefficient (Wildman–Crippen LogP) is 3.38. The first kappa shape index (κ1) is 20.3. The van der Waals surface area contributed by atoms with E-state index in [2.05, 4.69) is 29.6 Å². The number of likely N-dealkylation sites (tertiary alicyclic amines) is 1. The first-order valence-corrected chi connectivity index (χ1v) is 11.6. The molecule has 7 nitrogen and oxygen atoms in total. The highest BCUT2D eigenvalue weighted by Gasteiger charge is 2.67. The van der Waals surface area contributed by atoms with Crippen LogP contribution in [0.2, 0.25) is 0 Å². The van der Waals surface area contributed by atoms with Crippen LogP contribution in [0, 0.1) is 11.3 Å². The number of hydrogen-bond donors (Lipinski definition) is 2. The summed E-state index contributed by atoms with van der Waals surface area (Å²) in [7, 11) is 0. The number of rotatable bonds is 5. The number of fused-ring (bicyclic) bond motifs is 4. The minimum atomic E-state index is -0.936. The van der Waals surface area contributed by atoms with Crippen LogP contribution in [-0.4, -0.2) is 53.2 Å². The van der Waals surface area contributed by atoms with Crippen molar-refractivity contribution < 1.29 is 24.2 Å². The number of nitrogens with zero attached hydrogens (tertiary/aromatic N) is 1. The van der Waals surface area contributed by atoms with Crippen LogP contribution in [0.1, 0.15) is 42.7 Å². The summed E-state index contributed by atoms with van der Waals surface area (Å²) in [5.74, 6) is -0.760. The van der Waals surface area contributed by atoms with E-state index in [1.807, 2.05) is 24.3 Å². The standard InChI is InChI=1S/C26H26N2O5/c29-23(30)22-9-10-28(22)24(31)26-12-15(26)11-16(13-26)27-25(32)33-14-21-19-7-3-1-5-17(19)18-6-2-4-8-20(18)21/h1-8,15-16,21-22H,9-14H2,(H,27,32)(H,29,30). The Morgan fingerprint density at radius 1 is 1.03 bits per heavy atom. The molecule has 33 heavy (non-hydrogen) atoms. The van der Waals surface area contributed by atoms with Gasteiger partial charge in [0.05, 0.1) is 5.41 Å². The second-order valence-corrected chi connectivity index (χ2v) is 9.81. The number of carboxylic acid groups (broad SMARTS) is 1. The first-order valence-electron chi connectivity index (χ1n) is 11.6. The van der Waals surface area contributed by atoms with Crippen molar-refractivity contribution in [2.75, 3.05) is 13.2 Å². The lowest BCUT2D eigenvalue weighted by molar-refractivity contribution is -0.160. The molecule has 0 radical (unpaired) electrons. The molecule has 0 spiro atoms. The number of amides is 2. The fraction of sp³-hybridized carbons (Fsp3) is 0.423. The molecule has 0 aromatic heterocycles. The van der Waals surface area contributed by atoms with E-state index in [9.17, 15) is 19.5 Å². The zero-order valence-corrected chi connectivity index (χ0v) is 18.2. The van der Waals surface area contributed by atoms with Crippen molar-refractivity contribution in [1.82, 2.24) is 10.2 Å². The molecule has 0 bridgehead atoms. The van der Waals surface area contributed by atoms with E-state index >= 15 is 0 Å². The van der Waals surface area contributed by atoms with Crippen molar-refractivity contribution in [3.05, 3.63) is 59.7 Å². The van der Waals surface area contributed by atoms with Gasteiger partial charge in [0.25, 0.3) is 0 Å². The van der Waals surface area contributed by atoms with Crippen LogP contribution in [0.3, 0.4) is 0 Å². The molecular weight excluding hydrogens is 420 g/mol. The maximum atomic E-state index is 13.0. The van der Waals surface area contributed by atoms with Crippen LogP contribution in [0.5, 0.6) is 0 Å². The van der Waals surface area contributed by atoms with Crippen LogP contribution in [0.15, 0.2) is 48.5 Å². The van der Waals surface area contributed by atoms with Crippen LogP contribution in [-0.2, 0) is 14.3 Å². The lowest BCUT2D eigenvalue weighted by atomic mass is 9.94. The number of carbonyl (C=O) groups excluding carboxylic acids is 2. The van der Waals surface area contributed by atoms with E-state index in [1.165, 1.54) is 27.2 Å². The summed E-state index contributed by atoms with van der Waals surface area (Å²) < 4.78 is 5.65. The van der Waals surface area contributed by atoms with Gasteiger partial charge in [0.2, 0.25) is 5.91 Å². The lowest BCUT2D eigenvalue weighted by Crippen LogP contribution is -2.57. The third-order valence-electron chi connectivity index (χ3n) is 8.07. The molecule has 6 rings (SSSR count). The maximum Gasteiger partial charge on any atom is 0.407 e. The van der Waals surface area contributed by atoms with Gasteiger partial charge in [0, 0.05) is 18.5 Å². The molecule has 4 unspecified atom stereocenters. The Morgan fingerprint density at radius 2 is 1.70 bits per heavy atom. The van der Waals surface area contributed by atoms with Gasteiger partial charge in [-0.1, -0.05) is 48.5 Å². The molecule has 170 valence electrons. The van der Waals surface area contributed by atoms with Crippen molar-refractivity contribution in [2.24, 2.45) is 11.3 Å². The summed E-state index contributed by atoms with van der Waals surface area (Å²) in [6.07, 6.45) is 2.14. The van der Waals surface area contributed by atoms with Gasteiger partial charge < -0.3 is 20.1 Å². The van der Waals surface area contributed by atoms with Gasteiger partial charge in [-0.3, -0.25) is 4.79 Å². The molecule has 2 N–H and O–H groups in total. The normalized spacial score (nSPS) is 28.8. The quantitative estimate of drug-likeness (QED) is 0.734. The Hall–Kier alpha value is -3.35. The van der Waals surface area contributed by atoms with Gasteiger partial charge in [-0.2, -0.15) is 0 Å². The lowest BCUT2D eigenvalue weighted by Gasteiger charge is -2.40. The molecule has 2 aromatic rings. The number of carbonyl (C=O) groups is 3. The zero-order valence-electron chi connectivity index (χ0n) is 18.2. The fourth-order valence-electron chi connectivity index (χ4n) is 6.25. The average Bonchev–Trinajstić information content (AvgIpc) is 3.19. The van der Waals surface area contributed by atoms with E-state index in [4.69, 9.17) is 4.74 Å². The van der Waals surface area contributed by atoms with E-state index in [0.717, 1.165) is 12.8 Å². The van der Waals surface area contributed by atoms with Gasteiger partial charge in [-0.05, 0) is 53.9 Å². The van der Waals surface area contributed by atoms with Crippen molar-refractivity contribution in [3.8, 4) is 11.1 Å². The molecule has 4 atom stereocenters. The predicted molar refractivity (Wildman–Crippen MR) is 120 cm³/mol. The summed E-state index contributed by atoms with van der Waals surface area (Å²) in [5.41, 5.74) is 4.21. The van der Waals surface area contributed by atoms with Crippen LogP contribution < -0.4 is 5.32 Å². The third kappa shape index (κ3) is 3.13.